The molecule has 8 amide bonds. The number of carbonyl (C=O) groups excluding carboxylic acids is 10. The molecular weight excluding hydrogens is 1250 g/mol. The number of nitrogens with one attached hydrogen (secondary N) is 8. The Morgan fingerprint density at radius 3 is 1.38 bits per heavy atom. The number of alkyl carbamates (subject to hydrolysis) is 2. The van der Waals surface area contributed by atoms with Crippen molar-refractivity contribution >= 4 is 71.5 Å². The van der Waals surface area contributed by atoms with Crippen LogP contribution in [0.4, 0.5) is 9.59 Å². The van der Waals surface area contributed by atoms with Crippen LogP contribution in [0.15, 0.2) is 9.98 Å². The number of methoxy groups -OCH3 is 2. The topological polar surface area (TPSA) is 470 Å². The highest BCUT2D eigenvalue weighted by Gasteiger charge is 2.55. The van der Waals surface area contributed by atoms with E-state index in [1.807, 2.05) is 27.7 Å². The van der Waals surface area contributed by atoms with Crippen molar-refractivity contribution in [3.8, 4) is 12.3 Å². The molecule has 2 saturated carbocycles. The number of amides is 8. The predicted octanol–water partition coefficient (Wildman–Crippen LogP) is 0.394. The second-order valence-electron chi connectivity index (χ2n) is 23.9. The minimum atomic E-state index is -1.17. The first-order valence-corrected chi connectivity index (χ1v) is 33.6. The lowest BCUT2D eigenvalue weighted by atomic mass is 9.80. The molecule has 0 aromatic carbocycles. The van der Waals surface area contributed by atoms with Gasteiger partial charge in [-0.3, -0.25) is 38.4 Å². The molecule has 2 aliphatic rings. The molecule has 32 nitrogen and oxygen atoms in total. The molecule has 0 saturated heterocycles. The molecule has 2 rings (SSSR count). The van der Waals surface area contributed by atoms with Gasteiger partial charge < -0.3 is 103 Å². The van der Waals surface area contributed by atoms with Crippen LogP contribution in [0.2, 0.25) is 0 Å². The quantitative estimate of drug-likeness (QED) is 0.00979. The molecule has 0 aromatic heterocycles. The van der Waals surface area contributed by atoms with Gasteiger partial charge in [-0.1, -0.05) is 78.6 Å². The number of nitrogens with zero attached hydrogens (tertiary/aromatic N) is 2. The fourth-order valence-corrected chi connectivity index (χ4v) is 12.0. The van der Waals surface area contributed by atoms with Crippen LogP contribution in [-0.4, -0.2) is 214 Å². The average molecular weight is 1370 g/mol. The molecule has 0 radical (unpaired) electrons. The number of unbranched alkanes of at least 4 members (excludes halogenated alkanes) is 6. The molecule has 1 unspecified atom stereocenters. The van der Waals surface area contributed by atoms with E-state index < -0.39 is 114 Å². The van der Waals surface area contributed by atoms with E-state index in [-0.39, 0.29) is 120 Å². The zero-order valence-corrected chi connectivity index (χ0v) is 57.6. The van der Waals surface area contributed by atoms with E-state index in [2.05, 4.69) is 58.4 Å². The molecule has 32 heteroatoms. The summed E-state index contributed by atoms with van der Waals surface area (Å²) in [7, 11) is 2.47. The summed E-state index contributed by atoms with van der Waals surface area (Å²) in [5.41, 5.74) is 23.1. The van der Waals surface area contributed by atoms with E-state index in [0.29, 0.717) is 104 Å². The number of hydrogen-bond donors (Lipinski definition) is 12. The van der Waals surface area contributed by atoms with Gasteiger partial charge in [0.25, 0.3) is 0 Å². The van der Waals surface area contributed by atoms with Crippen molar-refractivity contribution in [1.29, 1.82) is 0 Å². The van der Waals surface area contributed by atoms with E-state index in [1.165, 1.54) is 28.1 Å². The summed E-state index contributed by atoms with van der Waals surface area (Å²) in [5, 5.41) is 22.3. The molecule has 96 heavy (non-hydrogen) atoms. The van der Waals surface area contributed by atoms with Gasteiger partial charge in [0.2, 0.25) is 35.4 Å². The molecule has 2 aliphatic carbocycles. The van der Waals surface area contributed by atoms with Gasteiger partial charge in [0.1, 0.15) is 24.9 Å². The van der Waals surface area contributed by atoms with Crippen molar-refractivity contribution in [2.45, 2.75) is 187 Å². The number of ether oxygens (including phenoxy) is 8. The lowest BCUT2D eigenvalue weighted by Gasteiger charge is -2.36. The van der Waals surface area contributed by atoms with Gasteiger partial charge in [-0.05, 0) is 56.8 Å². The fourth-order valence-electron chi connectivity index (χ4n) is 12.0. The van der Waals surface area contributed by atoms with Gasteiger partial charge >= 0.3 is 24.1 Å². The Labute approximate surface area is 565 Å². The summed E-state index contributed by atoms with van der Waals surface area (Å²) in [5.74, 6) is -5.12. The number of hydrogen-bond acceptors (Lipinski definition) is 20. The molecule has 0 aliphatic heterocycles. The van der Waals surface area contributed by atoms with Gasteiger partial charge in [-0.25, -0.2) is 19.6 Å². The summed E-state index contributed by atoms with van der Waals surface area (Å²) >= 11 is 0. The second kappa shape index (κ2) is 48.9. The minimum absolute atomic E-state index is 0.0170. The van der Waals surface area contributed by atoms with Gasteiger partial charge in [0.05, 0.1) is 90.9 Å². The Morgan fingerprint density at radius 1 is 0.521 bits per heavy atom. The highest BCUT2D eigenvalue weighted by atomic mass is 16.6. The molecule has 546 valence electrons. The van der Waals surface area contributed by atoms with Gasteiger partial charge in [0.15, 0.2) is 11.9 Å². The van der Waals surface area contributed by atoms with Crippen molar-refractivity contribution in [3.63, 3.8) is 0 Å². The van der Waals surface area contributed by atoms with Gasteiger partial charge in [0, 0.05) is 76.8 Å². The van der Waals surface area contributed by atoms with Crippen LogP contribution in [0.5, 0.6) is 0 Å². The third kappa shape index (κ3) is 33.3. The summed E-state index contributed by atoms with van der Waals surface area (Å²) in [6.07, 6.45) is 8.54. The normalized spacial score (nSPS) is 19.9. The first kappa shape index (κ1) is 84.3. The smallest absolute Gasteiger partial charge is 0.407 e. The SMILES string of the molecule is C#CCOCCOCCOCCOCCC(=O)N[C@H](CCC(=O)NCCCCCCNC(=O)O[C@H]1[C@@H]([C@@H](NC(C)=O)C(C)CC)[C@H](N=C(N)N)C[C@@H]1C(=O)OC)C(=O)NCC(=O)NCCCCCCNC(=O)O[C@H]1[C@@H]([C@@H](NC(C)=O)C(CC)CC)[C@H](N=C(N)N)C[C@@H]1C(=O)OC. The van der Waals surface area contributed by atoms with E-state index in [9.17, 15) is 47.9 Å². The van der Waals surface area contributed by atoms with Crippen LogP contribution in [-0.2, 0) is 76.3 Å². The molecule has 16 N–H and O–H groups in total. The first-order chi connectivity index (χ1) is 46.0. The number of guanidine groups is 2. The molecule has 12 atom stereocenters. The maximum Gasteiger partial charge on any atom is 0.407 e. The molecule has 0 aromatic rings. The Balaban J connectivity index is 1.91. The van der Waals surface area contributed by atoms with Crippen molar-refractivity contribution in [2.24, 2.45) is 68.4 Å². The highest BCUT2D eigenvalue weighted by Crippen LogP contribution is 2.43. The number of aliphatic imine (C=N–C) groups is 2. The summed E-state index contributed by atoms with van der Waals surface area (Å²) in [4.78, 5) is 139. The minimum Gasteiger partial charge on any atom is -0.469 e. The Morgan fingerprint density at radius 2 is 0.948 bits per heavy atom. The van der Waals surface area contributed by atoms with Gasteiger partial charge in [-0.2, -0.15) is 0 Å². The third-order valence-corrected chi connectivity index (χ3v) is 16.8. The maximum atomic E-state index is 13.5. The van der Waals surface area contributed by atoms with Crippen LogP contribution < -0.4 is 65.5 Å². The van der Waals surface area contributed by atoms with Crippen LogP contribution in [0, 0.1) is 47.9 Å². The van der Waals surface area contributed by atoms with E-state index >= 15 is 0 Å². The zero-order chi connectivity index (χ0) is 71.4. The summed E-state index contributed by atoms with van der Waals surface area (Å²) in [6, 6.07) is -3.53. The number of terminal acetylenes is 1. The van der Waals surface area contributed by atoms with Crippen LogP contribution in [0.3, 0.4) is 0 Å². The molecule has 0 spiro atoms. The lowest BCUT2D eigenvalue weighted by molar-refractivity contribution is -0.150. The predicted molar refractivity (Wildman–Crippen MR) is 356 cm³/mol. The van der Waals surface area contributed by atoms with E-state index in [4.69, 9.17) is 67.3 Å². The monoisotopic (exact) mass is 1360 g/mol. The van der Waals surface area contributed by atoms with Crippen molar-refractivity contribution in [1.82, 2.24) is 42.5 Å². The Hall–Kier alpha value is -7.76. The van der Waals surface area contributed by atoms with Crippen LogP contribution in [0.1, 0.15) is 144 Å². The van der Waals surface area contributed by atoms with E-state index in [1.54, 1.807) is 0 Å². The summed E-state index contributed by atoms with van der Waals surface area (Å²) in [6.45, 7) is 13.4. The Kier molecular flexibility index (Phi) is 42.9. The van der Waals surface area contributed by atoms with Crippen molar-refractivity contribution in [2.75, 3.05) is 99.8 Å². The second-order valence-corrected chi connectivity index (χ2v) is 23.9. The molecular formula is C64H112N14O18. The van der Waals surface area contributed by atoms with Crippen molar-refractivity contribution < 1.29 is 85.8 Å². The average Bonchev–Trinajstić information content (AvgIpc) is 1.63. The fraction of sp³-hybridized carbons (Fsp3) is 0.781. The number of esters is 2. The standard InChI is InChI=1S/C64H112N14O18/c1-10-29-91-31-33-93-35-36-94-34-32-92-30-24-50(82)76-46(22-23-49(81)69-25-18-14-16-20-27-71-63(87)95-56-44(59(85)89-8)37-47(77-61(65)66)52(56)54(40(5)11-2)74-41(6)79)58(84)73-39-51(83)70-26-19-15-17-21-28-72-64(88)96-57-45(60(86)90-9)38-48(78-62(67)68)53(57)55(75-42(7)80)43(12-3)13-4/h1,40,43-48,52-57H,11-39H2,2-9H3,(H,69,81)(H,70,83)(H,71,87)(H,72,88)(H,73,84)(H,74,79)(H,75,80)(H,76,82)(H4,65,66,77)(H4,67,68,78)/t40?,44-,45-,46+,47+,48+,52+,53+,54-,55-,56+,57+/m0/s1. The highest BCUT2D eigenvalue weighted by molar-refractivity contribution is 5.91. The molecule has 0 bridgehead atoms. The Bertz CT molecular complexity index is 2490. The summed E-state index contributed by atoms with van der Waals surface area (Å²) < 4.78 is 43.6. The number of nitrogens with two attached hydrogens (primary N) is 4. The third-order valence-electron chi connectivity index (χ3n) is 16.8. The van der Waals surface area contributed by atoms with E-state index in [0.717, 1.165) is 0 Å². The van der Waals surface area contributed by atoms with Crippen LogP contribution in [0.25, 0.3) is 0 Å². The lowest BCUT2D eigenvalue weighted by Crippen LogP contribution is -2.52. The molecule has 2 fully saturated rings. The molecule has 0 heterocycles. The zero-order valence-electron chi connectivity index (χ0n) is 57.6. The number of rotatable bonds is 49. The van der Waals surface area contributed by atoms with Gasteiger partial charge in [-0.15, -0.1) is 6.42 Å². The van der Waals surface area contributed by atoms with Crippen LogP contribution >= 0.6 is 0 Å². The largest absolute Gasteiger partial charge is 0.469 e. The first-order valence-electron chi connectivity index (χ1n) is 33.6. The van der Waals surface area contributed by atoms with Crippen molar-refractivity contribution in [3.05, 3.63) is 0 Å². The maximum absolute atomic E-state index is 13.5. The number of carbonyl (C=O) groups is 10.